The summed E-state index contributed by atoms with van der Waals surface area (Å²) in [6, 6.07) is 14.9. The first-order valence-electron chi connectivity index (χ1n) is 9.75. The van der Waals surface area contributed by atoms with Gasteiger partial charge in [0.15, 0.2) is 0 Å². The van der Waals surface area contributed by atoms with Crippen molar-refractivity contribution in [1.29, 1.82) is 0 Å². The SMILES string of the molecule is Cc1ccc(N2CCC(C(=O)NCCc3nc(-c4cccc(Cl)c4)no3)C2=O)cc1. The fourth-order valence-electron chi connectivity index (χ4n) is 3.42. The normalized spacial score (nSPS) is 16.1. The Labute approximate surface area is 179 Å². The molecule has 0 aliphatic carbocycles. The number of benzene rings is 2. The summed E-state index contributed by atoms with van der Waals surface area (Å²) >= 11 is 5.99. The fourth-order valence-corrected chi connectivity index (χ4v) is 3.61. The number of halogens is 1. The Morgan fingerprint density at radius 3 is 2.83 bits per heavy atom. The molecule has 2 aromatic carbocycles. The van der Waals surface area contributed by atoms with E-state index in [0.717, 1.165) is 16.8 Å². The lowest BCUT2D eigenvalue weighted by atomic mass is 10.1. The first-order valence-corrected chi connectivity index (χ1v) is 10.1. The van der Waals surface area contributed by atoms with Gasteiger partial charge < -0.3 is 14.7 Å². The van der Waals surface area contributed by atoms with Gasteiger partial charge in [-0.3, -0.25) is 9.59 Å². The van der Waals surface area contributed by atoms with Gasteiger partial charge in [0.1, 0.15) is 5.92 Å². The second-order valence-corrected chi connectivity index (χ2v) is 7.67. The Morgan fingerprint density at radius 1 is 1.27 bits per heavy atom. The van der Waals surface area contributed by atoms with Gasteiger partial charge in [-0.15, -0.1) is 0 Å². The average Bonchev–Trinajstić information content (AvgIpc) is 3.36. The summed E-state index contributed by atoms with van der Waals surface area (Å²) in [5.74, 6) is -0.263. The molecule has 154 valence electrons. The summed E-state index contributed by atoms with van der Waals surface area (Å²) in [7, 11) is 0. The lowest BCUT2D eigenvalue weighted by Crippen LogP contribution is -2.37. The maximum Gasteiger partial charge on any atom is 0.239 e. The van der Waals surface area contributed by atoms with E-state index >= 15 is 0 Å². The van der Waals surface area contributed by atoms with Gasteiger partial charge in [0, 0.05) is 35.8 Å². The number of amides is 2. The molecular weight excluding hydrogens is 404 g/mol. The third-order valence-electron chi connectivity index (χ3n) is 5.06. The molecule has 3 aromatic rings. The molecule has 0 saturated carbocycles. The third kappa shape index (κ3) is 4.36. The summed E-state index contributed by atoms with van der Waals surface area (Å²) in [5.41, 5.74) is 2.70. The molecule has 1 aliphatic rings. The van der Waals surface area contributed by atoms with Crippen molar-refractivity contribution in [2.45, 2.75) is 19.8 Å². The molecule has 0 radical (unpaired) electrons. The molecule has 0 bridgehead atoms. The van der Waals surface area contributed by atoms with Crippen LogP contribution >= 0.6 is 11.6 Å². The molecule has 7 nitrogen and oxygen atoms in total. The van der Waals surface area contributed by atoms with Crippen molar-refractivity contribution in [2.75, 3.05) is 18.0 Å². The molecule has 2 amide bonds. The number of hydrogen-bond acceptors (Lipinski definition) is 5. The zero-order chi connectivity index (χ0) is 21.1. The van der Waals surface area contributed by atoms with Crippen molar-refractivity contribution in [3.63, 3.8) is 0 Å². The first kappa shape index (κ1) is 20.1. The van der Waals surface area contributed by atoms with Crippen LogP contribution in [0.25, 0.3) is 11.4 Å². The van der Waals surface area contributed by atoms with Crippen LogP contribution in [0.1, 0.15) is 17.9 Å². The second kappa shape index (κ2) is 8.67. The van der Waals surface area contributed by atoms with Crippen molar-refractivity contribution in [1.82, 2.24) is 15.5 Å². The summed E-state index contributed by atoms with van der Waals surface area (Å²) in [5, 5.41) is 7.34. The van der Waals surface area contributed by atoms with E-state index in [-0.39, 0.29) is 11.8 Å². The predicted molar refractivity (Wildman–Crippen MR) is 113 cm³/mol. The lowest BCUT2D eigenvalue weighted by molar-refractivity contribution is -0.132. The highest BCUT2D eigenvalue weighted by atomic mass is 35.5. The summed E-state index contributed by atoms with van der Waals surface area (Å²) in [6.07, 6.45) is 0.875. The van der Waals surface area contributed by atoms with E-state index in [1.807, 2.05) is 43.3 Å². The van der Waals surface area contributed by atoms with Gasteiger partial charge in [0.25, 0.3) is 0 Å². The standard InChI is InChI=1S/C22H21ClN4O3/c1-14-5-7-17(8-6-14)27-12-10-18(22(27)29)21(28)24-11-9-19-25-20(26-30-19)15-3-2-4-16(23)13-15/h2-8,13,18H,9-12H2,1H3,(H,24,28). The van der Waals surface area contributed by atoms with Gasteiger partial charge in [-0.2, -0.15) is 4.98 Å². The maximum atomic E-state index is 12.7. The first-order chi connectivity index (χ1) is 14.5. The van der Waals surface area contributed by atoms with Crippen molar-refractivity contribution in [3.8, 4) is 11.4 Å². The highest BCUT2D eigenvalue weighted by Crippen LogP contribution is 2.25. The van der Waals surface area contributed by atoms with Crippen LogP contribution in [0.2, 0.25) is 5.02 Å². The minimum Gasteiger partial charge on any atom is -0.355 e. The fraction of sp³-hybridized carbons (Fsp3) is 0.273. The van der Waals surface area contributed by atoms with Crippen molar-refractivity contribution < 1.29 is 14.1 Å². The van der Waals surface area contributed by atoms with Gasteiger partial charge in [0.2, 0.25) is 23.5 Å². The van der Waals surface area contributed by atoms with Crippen molar-refractivity contribution >= 4 is 29.1 Å². The van der Waals surface area contributed by atoms with Crippen LogP contribution < -0.4 is 10.2 Å². The Hall–Kier alpha value is -3.19. The van der Waals surface area contributed by atoms with Crippen LogP contribution in [0.3, 0.4) is 0 Å². The maximum absolute atomic E-state index is 12.7. The highest BCUT2D eigenvalue weighted by Gasteiger charge is 2.37. The Balaban J connectivity index is 1.30. The van der Waals surface area contributed by atoms with E-state index in [0.29, 0.717) is 42.7 Å². The zero-order valence-corrected chi connectivity index (χ0v) is 17.2. The molecule has 1 atom stereocenters. The molecule has 30 heavy (non-hydrogen) atoms. The smallest absolute Gasteiger partial charge is 0.239 e. The van der Waals surface area contributed by atoms with E-state index in [1.165, 1.54) is 0 Å². The number of aryl methyl sites for hydroxylation is 1. The van der Waals surface area contributed by atoms with E-state index in [1.54, 1.807) is 17.0 Å². The van der Waals surface area contributed by atoms with E-state index in [2.05, 4.69) is 15.5 Å². The average molecular weight is 425 g/mol. The molecule has 1 aliphatic heterocycles. The molecule has 1 fully saturated rings. The van der Waals surface area contributed by atoms with Crippen LogP contribution in [0, 0.1) is 12.8 Å². The van der Waals surface area contributed by atoms with Crippen LogP contribution in [0.5, 0.6) is 0 Å². The van der Waals surface area contributed by atoms with E-state index < -0.39 is 5.92 Å². The Kier molecular flexibility index (Phi) is 5.81. The molecule has 1 saturated heterocycles. The number of nitrogens with zero attached hydrogens (tertiary/aromatic N) is 3. The topological polar surface area (TPSA) is 88.3 Å². The van der Waals surface area contributed by atoms with Crippen LogP contribution in [0.4, 0.5) is 5.69 Å². The number of rotatable bonds is 6. The Morgan fingerprint density at radius 2 is 2.07 bits per heavy atom. The van der Waals surface area contributed by atoms with Gasteiger partial charge in [-0.1, -0.05) is 46.6 Å². The molecule has 8 heteroatoms. The van der Waals surface area contributed by atoms with Gasteiger partial charge in [-0.25, -0.2) is 0 Å². The third-order valence-corrected chi connectivity index (χ3v) is 5.29. The van der Waals surface area contributed by atoms with Gasteiger partial charge >= 0.3 is 0 Å². The van der Waals surface area contributed by atoms with Gasteiger partial charge in [-0.05, 0) is 37.6 Å². The number of nitrogens with one attached hydrogen (secondary N) is 1. The summed E-state index contributed by atoms with van der Waals surface area (Å²) in [4.78, 5) is 31.2. The number of aromatic nitrogens is 2. The van der Waals surface area contributed by atoms with Crippen molar-refractivity contribution in [2.24, 2.45) is 5.92 Å². The van der Waals surface area contributed by atoms with Crippen LogP contribution in [-0.2, 0) is 16.0 Å². The van der Waals surface area contributed by atoms with Gasteiger partial charge in [0.05, 0.1) is 0 Å². The number of hydrogen-bond donors (Lipinski definition) is 1. The molecule has 4 rings (SSSR count). The van der Waals surface area contributed by atoms with E-state index in [4.69, 9.17) is 16.1 Å². The molecule has 1 unspecified atom stereocenters. The monoisotopic (exact) mass is 424 g/mol. The summed E-state index contributed by atoms with van der Waals surface area (Å²) in [6.45, 7) is 2.84. The number of anilines is 1. The highest BCUT2D eigenvalue weighted by molar-refractivity contribution is 6.30. The molecule has 0 spiro atoms. The van der Waals surface area contributed by atoms with Crippen molar-refractivity contribution in [3.05, 3.63) is 65.0 Å². The summed E-state index contributed by atoms with van der Waals surface area (Å²) < 4.78 is 5.24. The molecular formula is C22H21ClN4O3. The molecule has 2 heterocycles. The molecule has 1 aromatic heterocycles. The predicted octanol–water partition coefficient (Wildman–Crippen LogP) is 3.41. The second-order valence-electron chi connectivity index (χ2n) is 7.23. The number of carbonyl (C=O) groups excluding carboxylic acids is 2. The minimum absolute atomic E-state index is 0.169. The number of carbonyl (C=O) groups is 2. The minimum atomic E-state index is -0.670. The Bertz CT molecular complexity index is 1060. The zero-order valence-electron chi connectivity index (χ0n) is 16.5. The van der Waals surface area contributed by atoms with Crippen LogP contribution in [-0.4, -0.2) is 35.0 Å². The quantitative estimate of drug-likeness (QED) is 0.612. The van der Waals surface area contributed by atoms with Crippen LogP contribution in [0.15, 0.2) is 53.1 Å². The molecule has 1 N–H and O–H groups in total. The van der Waals surface area contributed by atoms with E-state index in [9.17, 15) is 9.59 Å². The lowest BCUT2D eigenvalue weighted by Gasteiger charge is -2.17. The largest absolute Gasteiger partial charge is 0.355 e.